The molecule has 0 aliphatic carbocycles. The van der Waals surface area contributed by atoms with Crippen LogP contribution in [0.1, 0.15) is 425 Å². The van der Waals surface area contributed by atoms with Crippen LogP contribution in [0, 0.1) is 0 Å². The molecule has 0 aromatic rings. The lowest BCUT2D eigenvalue weighted by Gasteiger charge is -2.22. The second kappa shape index (κ2) is 70.1. The minimum Gasteiger partial charge on any atom is -0.466 e. The zero-order valence-electron chi connectivity index (χ0n) is 54.6. The van der Waals surface area contributed by atoms with Gasteiger partial charge in [-0.2, -0.15) is 0 Å². The van der Waals surface area contributed by atoms with Gasteiger partial charge in [-0.1, -0.05) is 373 Å². The number of rotatable bonds is 70. The molecule has 0 aliphatic rings. The van der Waals surface area contributed by atoms with Crippen molar-refractivity contribution in [1.82, 2.24) is 5.32 Å². The molecule has 80 heavy (non-hydrogen) atoms. The van der Waals surface area contributed by atoms with E-state index in [0.29, 0.717) is 25.9 Å². The van der Waals surface area contributed by atoms with Gasteiger partial charge in [0.2, 0.25) is 5.91 Å². The Bertz CT molecular complexity index is 1210. The number of esters is 1. The Kier molecular flexibility index (Phi) is 68.9. The van der Waals surface area contributed by atoms with E-state index in [2.05, 4.69) is 31.3 Å². The van der Waals surface area contributed by atoms with Gasteiger partial charge in [0.25, 0.3) is 0 Å². The molecule has 2 atom stereocenters. The summed E-state index contributed by atoms with van der Waals surface area (Å²) in [6.07, 6.45) is 87.1. The molecule has 0 spiro atoms. The quantitative estimate of drug-likeness (QED) is 0.0320. The number of carbonyl (C=O) groups excluding carboxylic acids is 2. The lowest BCUT2D eigenvalue weighted by molar-refractivity contribution is -0.143. The van der Waals surface area contributed by atoms with Crippen molar-refractivity contribution >= 4 is 11.9 Å². The van der Waals surface area contributed by atoms with Gasteiger partial charge in [0, 0.05) is 12.8 Å². The fourth-order valence-electron chi connectivity index (χ4n) is 11.9. The second-order valence-electron chi connectivity index (χ2n) is 25.6. The molecular weight excluding hydrogens is 983 g/mol. The summed E-state index contributed by atoms with van der Waals surface area (Å²) in [5, 5.41) is 23.3. The maximum atomic E-state index is 12.5. The fraction of sp³-hybridized carbons (Fsp3) is 0.946. The van der Waals surface area contributed by atoms with Crippen LogP contribution in [0.2, 0.25) is 0 Å². The molecule has 0 fully saturated rings. The number of allylic oxidation sites excluding steroid dienone is 2. The number of amides is 1. The molecule has 0 aromatic heterocycles. The highest BCUT2D eigenvalue weighted by molar-refractivity contribution is 5.76. The van der Waals surface area contributed by atoms with Crippen LogP contribution >= 0.6 is 0 Å². The van der Waals surface area contributed by atoms with E-state index in [-0.39, 0.29) is 18.5 Å². The van der Waals surface area contributed by atoms with Crippen LogP contribution in [0.15, 0.2) is 12.2 Å². The smallest absolute Gasteiger partial charge is 0.305 e. The summed E-state index contributed by atoms with van der Waals surface area (Å²) in [5.74, 6) is -0.00663. The summed E-state index contributed by atoms with van der Waals surface area (Å²) in [4.78, 5) is 24.6. The zero-order valence-corrected chi connectivity index (χ0v) is 54.6. The van der Waals surface area contributed by atoms with Crippen molar-refractivity contribution in [3.63, 3.8) is 0 Å². The van der Waals surface area contributed by atoms with Crippen molar-refractivity contribution in [2.75, 3.05) is 13.2 Å². The molecule has 0 rings (SSSR count). The Labute approximate surface area is 501 Å². The number of hydrogen-bond donors (Lipinski definition) is 3. The average Bonchev–Trinajstić information content (AvgIpc) is 3.46. The first-order valence-corrected chi connectivity index (χ1v) is 36.9. The highest BCUT2D eigenvalue weighted by Gasteiger charge is 2.20. The molecule has 0 aliphatic heterocycles. The molecule has 0 saturated carbocycles. The number of carbonyl (C=O) groups is 2. The normalized spacial score (nSPS) is 12.5. The molecule has 0 bridgehead atoms. The third kappa shape index (κ3) is 65.7. The van der Waals surface area contributed by atoms with Crippen molar-refractivity contribution in [3.8, 4) is 0 Å². The summed E-state index contributed by atoms with van der Waals surface area (Å²) in [6.45, 7) is 5.00. The van der Waals surface area contributed by atoms with Crippen molar-refractivity contribution in [3.05, 3.63) is 12.2 Å². The number of unbranched alkanes of at least 4 members (excludes halogenated alkanes) is 57. The predicted molar refractivity (Wildman–Crippen MR) is 352 cm³/mol. The Hall–Kier alpha value is -1.40. The van der Waals surface area contributed by atoms with Crippen LogP contribution in [0.3, 0.4) is 0 Å². The highest BCUT2D eigenvalue weighted by Crippen LogP contribution is 2.19. The molecule has 0 aromatic carbocycles. The van der Waals surface area contributed by atoms with Crippen molar-refractivity contribution in [2.45, 2.75) is 437 Å². The molecule has 3 N–H and O–H groups in total. The molecule has 1 amide bonds. The van der Waals surface area contributed by atoms with E-state index in [1.807, 2.05) is 0 Å². The second-order valence-corrected chi connectivity index (χ2v) is 25.6. The Morgan fingerprint density at radius 3 is 0.887 bits per heavy atom. The van der Waals surface area contributed by atoms with Crippen LogP contribution in [0.5, 0.6) is 0 Å². The highest BCUT2D eigenvalue weighted by atomic mass is 16.5. The molecule has 6 heteroatoms. The summed E-state index contributed by atoms with van der Waals surface area (Å²) >= 11 is 0. The maximum Gasteiger partial charge on any atom is 0.305 e. The van der Waals surface area contributed by atoms with Crippen molar-refractivity contribution in [2.24, 2.45) is 0 Å². The maximum absolute atomic E-state index is 12.5. The first-order chi connectivity index (χ1) is 39.5. The lowest BCUT2D eigenvalue weighted by atomic mass is 10.0. The van der Waals surface area contributed by atoms with Gasteiger partial charge in [0.1, 0.15) is 0 Å². The summed E-state index contributed by atoms with van der Waals surface area (Å²) < 4.78 is 5.51. The van der Waals surface area contributed by atoms with E-state index in [4.69, 9.17) is 4.74 Å². The molecule has 476 valence electrons. The van der Waals surface area contributed by atoms with E-state index >= 15 is 0 Å². The van der Waals surface area contributed by atoms with Gasteiger partial charge >= 0.3 is 5.97 Å². The summed E-state index contributed by atoms with van der Waals surface area (Å²) in [7, 11) is 0. The van der Waals surface area contributed by atoms with Crippen LogP contribution < -0.4 is 5.32 Å². The standard InChI is InChI=1S/C74H145NO5/c1-3-5-7-9-11-13-15-17-19-20-37-40-44-48-52-56-60-64-68-74(79)80-69-65-61-57-53-49-45-41-38-35-33-31-29-27-25-23-21-22-24-26-28-30-32-34-36-39-43-47-51-55-59-63-67-73(78)75-71(70-76)72(77)66-62-58-54-50-46-42-18-16-14-12-10-8-6-4-2/h23,25,71-72,76-77H,3-22,24,26-70H2,1-2H3,(H,75,78)/b25-23-. The number of aliphatic hydroxyl groups excluding tert-OH is 2. The molecule has 0 heterocycles. The number of hydrogen-bond acceptors (Lipinski definition) is 5. The molecule has 6 nitrogen and oxygen atoms in total. The molecule has 0 saturated heterocycles. The minimum atomic E-state index is -0.662. The summed E-state index contributed by atoms with van der Waals surface area (Å²) in [6, 6.07) is -0.539. The van der Waals surface area contributed by atoms with Crippen molar-refractivity contribution < 1.29 is 24.5 Å². The van der Waals surface area contributed by atoms with Gasteiger partial charge in [0.15, 0.2) is 0 Å². The van der Waals surface area contributed by atoms with Gasteiger partial charge in [-0.05, 0) is 51.4 Å². The van der Waals surface area contributed by atoms with E-state index in [0.717, 1.165) is 38.5 Å². The van der Waals surface area contributed by atoms with Gasteiger partial charge in [0.05, 0.1) is 25.4 Å². The first kappa shape index (κ1) is 78.6. The van der Waals surface area contributed by atoms with E-state index < -0.39 is 12.1 Å². The largest absolute Gasteiger partial charge is 0.466 e. The number of aliphatic hydroxyl groups is 2. The third-order valence-electron chi connectivity index (χ3n) is 17.6. The predicted octanol–water partition coefficient (Wildman–Crippen LogP) is 23.9. The van der Waals surface area contributed by atoms with E-state index in [9.17, 15) is 19.8 Å². The zero-order chi connectivity index (χ0) is 57.8. The SMILES string of the molecule is CCCCCCCCCCCCCCCCCCCCC(=O)OCCCCCCCCCCCCCC/C=C\CCCCCCCCCCCCCCCCCC(=O)NC(CO)C(O)CCCCCCCCCCCCCCCC. The Morgan fingerprint density at radius 2 is 0.588 bits per heavy atom. The van der Waals surface area contributed by atoms with Crippen molar-refractivity contribution in [1.29, 1.82) is 0 Å². The minimum absolute atomic E-state index is 0.0231. The first-order valence-electron chi connectivity index (χ1n) is 36.9. The van der Waals surface area contributed by atoms with Gasteiger partial charge < -0.3 is 20.3 Å². The average molecular weight is 1130 g/mol. The van der Waals surface area contributed by atoms with E-state index in [1.54, 1.807) is 0 Å². The molecule has 0 radical (unpaired) electrons. The number of nitrogens with one attached hydrogen (secondary N) is 1. The van der Waals surface area contributed by atoms with Crippen LogP contribution in [0.4, 0.5) is 0 Å². The Morgan fingerprint density at radius 1 is 0.338 bits per heavy atom. The Balaban J connectivity index is 3.32. The topological polar surface area (TPSA) is 95.9 Å². The fourth-order valence-corrected chi connectivity index (χ4v) is 11.9. The third-order valence-corrected chi connectivity index (χ3v) is 17.6. The molecule has 2 unspecified atom stereocenters. The number of ether oxygens (including phenoxy) is 1. The van der Waals surface area contributed by atoms with Crippen LogP contribution in [0.25, 0.3) is 0 Å². The van der Waals surface area contributed by atoms with Gasteiger partial charge in [-0.25, -0.2) is 0 Å². The lowest BCUT2D eigenvalue weighted by Crippen LogP contribution is -2.45. The molecular formula is C74H145NO5. The van der Waals surface area contributed by atoms with Crippen LogP contribution in [-0.2, 0) is 14.3 Å². The monoisotopic (exact) mass is 1130 g/mol. The summed E-state index contributed by atoms with van der Waals surface area (Å²) in [5.41, 5.74) is 0. The van der Waals surface area contributed by atoms with Gasteiger partial charge in [-0.3, -0.25) is 9.59 Å². The van der Waals surface area contributed by atoms with E-state index in [1.165, 1.54) is 353 Å². The van der Waals surface area contributed by atoms with Crippen LogP contribution in [-0.4, -0.2) is 47.4 Å². The van der Waals surface area contributed by atoms with Gasteiger partial charge in [-0.15, -0.1) is 0 Å².